The van der Waals surface area contributed by atoms with Crippen molar-refractivity contribution < 1.29 is 52.9 Å². The lowest BCUT2D eigenvalue weighted by Gasteiger charge is -2.18. The first kappa shape index (κ1) is 46.1. The van der Waals surface area contributed by atoms with Crippen LogP contribution in [0.4, 0.5) is 0 Å². The number of esters is 2. The van der Waals surface area contributed by atoms with E-state index in [2.05, 4.69) is 25.3 Å². The van der Waals surface area contributed by atoms with Crippen LogP contribution in [0.1, 0.15) is 149 Å². The van der Waals surface area contributed by atoms with Gasteiger partial charge in [0, 0.05) is 31.1 Å². The molecule has 0 radical (unpaired) electrons. The Hall–Kier alpha value is -1.88. The minimum Gasteiger partial charge on any atom is -0.462 e. The van der Waals surface area contributed by atoms with Gasteiger partial charge in [-0.25, -0.2) is 4.57 Å². The average Bonchev–Trinajstić information content (AvgIpc) is 3.32. The molecule has 12 heteroatoms. The van der Waals surface area contributed by atoms with Crippen LogP contribution < -0.4 is 0 Å². The van der Waals surface area contributed by atoms with Crippen LogP contribution in [0.5, 0.6) is 0 Å². The molecule has 1 aliphatic rings. The van der Waals surface area contributed by atoms with Crippen LogP contribution in [0.25, 0.3) is 0 Å². The van der Waals surface area contributed by atoms with Gasteiger partial charge in [0.25, 0.3) is 0 Å². The number of phosphoric ester groups is 1. The largest absolute Gasteiger partial charge is 0.469 e. The smallest absolute Gasteiger partial charge is 0.462 e. The zero-order valence-corrected chi connectivity index (χ0v) is 31.8. The molecule has 4 N–H and O–H groups in total. The minimum absolute atomic E-state index is 0.0327. The Bertz CT molecular complexity index is 1040. The summed E-state index contributed by atoms with van der Waals surface area (Å²) in [6.07, 6.45) is 21.4. The lowest BCUT2D eigenvalue weighted by molar-refractivity contribution is -0.161. The van der Waals surface area contributed by atoms with Gasteiger partial charge >= 0.3 is 19.8 Å². The van der Waals surface area contributed by atoms with E-state index >= 15 is 0 Å². The highest BCUT2D eigenvalue weighted by molar-refractivity contribution is 7.46. The topological polar surface area (TPSA) is 177 Å². The number of aliphatic hydroxyl groups excluding tert-OH is 2. The van der Waals surface area contributed by atoms with E-state index in [-0.39, 0.29) is 37.6 Å². The van der Waals surface area contributed by atoms with Crippen molar-refractivity contribution in [1.29, 1.82) is 0 Å². The number of hydrogen-bond donors (Lipinski definition) is 4. The highest BCUT2D eigenvalue weighted by Crippen LogP contribution is 2.36. The molecule has 0 heterocycles. The van der Waals surface area contributed by atoms with E-state index in [1.54, 1.807) is 12.2 Å². The van der Waals surface area contributed by atoms with E-state index in [1.165, 1.54) is 38.5 Å². The highest BCUT2D eigenvalue weighted by Gasteiger charge is 2.39. The summed E-state index contributed by atoms with van der Waals surface area (Å²) in [6.45, 7) is 5.61. The lowest BCUT2D eigenvalue weighted by Crippen LogP contribution is -2.29. The van der Waals surface area contributed by atoms with Crippen molar-refractivity contribution in [2.24, 2.45) is 17.8 Å². The third kappa shape index (κ3) is 24.3. The van der Waals surface area contributed by atoms with Crippen molar-refractivity contribution in [1.82, 2.24) is 0 Å². The van der Waals surface area contributed by atoms with Gasteiger partial charge in [0.15, 0.2) is 6.10 Å². The Morgan fingerprint density at radius 1 is 0.860 bits per heavy atom. The second-order valence-electron chi connectivity index (χ2n) is 14.2. The first-order chi connectivity index (χ1) is 23.8. The Morgan fingerprint density at radius 3 is 2.12 bits per heavy atom. The molecule has 0 amide bonds. The SMILES string of the molecule is CCCCC[C@H](O)/C=C/[C@H]1C(=O)C[C@H](O)[C@@H]1C/C=C\CCCC(=O)OC[C@H](COP(=O)(O)O)OC(=O)CCCCCCCCCCCC(C)C. The third-order valence-electron chi connectivity index (χ3n) is 9.03. The van der Waals surface area contributed by atoms with Crippen molar-refractivity contribution in [2.45, 2.75) is 167 Å². The van der Waals surface area contributed by atoms with E-state index in [4.69, 9.17) is 19.3 Å². The number of phosphoric acid groups is 1. The van der Waals surface area contributed by atoms with Crippen LogP contribution in [0, 0.1) is 17.8 Å². The molecular formula is C38H67O11P. The van der Waals surface area contributed by atoms with Gasteiger partial charge in [0.2, 0.25) is 0 Å². The standard InChI is InChI=1S/C38H67O11P/c1-4-5-15-21-31(39)25-26-34-33(35(40)27-36(34)41)22-17-13-14-18-23-37(42)47-28-32(29-48-50(44,45)46)49-38(43)24-19-12-10-8-6-7-9-11-16-20-30(2)3/h13,17,25-26,30-35,39-40H,4-12,14-16,18-24,27-29H2,1-3H3,(H2,44,45,46)/b17-13-,26-25+/t31-,32+,33+,34+,35-/m0/s1. The maximum absolute atomic E-state index is 12.4. The van der Waals surface area contributed by atoms with E-state index in [1.807, 2.05) is 12.2 Å². The molecule has 1 fully saturated rings. The molecule has 1 saturated carbocycles. The van der Waals surface area contributed by atoms with Crippen molar-refractivity contribution in [3.63, 3.8) is 0 Å². The molecule has 0 aliphatic heterocycles. The third-order valence-corrected chi connectivity index (χ3v) is 9.51. The molecular weight excluding hydrogens is 663 g/mol. The molecule has 290 valence electrons. The van der Waals surface area contributed by atoms with Crippen molar-refractivity contribution in [3.8, 4) is 0 Å². The number of ketones is 1. The van der Waals surface area contributed by atoms with Crippen molar-refractivity contribution in [2.75, 3.05) is 13.2 Å². The Balaban J connectivity index is 2.35. The second-order valence-corrected chi connectivity index (χ2v) is 15.4. The Morgan fingerprint density at radius 2 is 1.48 bits per heavy atom. The van der Waals surface area contributed by atoms with Gasteiger partial charge in [-0.1, -0.05) is 122 Å². The fraction of sp³-hybridized carbons (Fsp3) is 0.816. The van der Waals surface area contributed by atoms with Gasteiger partial charge in [-0.2, -0.15) is 0 Å². The zero-order valence-electron chi connectivity index (χ0n) is 30.9. The van der Waals surface area contributed by atoms with Gasteiger partial charge in [0.05, 0.1) is 18.8 Å². The highest BCUT2D eigenvalue weighted by atomic mass is 31.2. The molecule has 5 atom stereocenters. The van der Waals surface area contributed by atoms with Crippen LogP contribution in [0.15, 0.2) is 24.3 Å². The maximum Gasteiger partial charge on any atom is 0.469 e. The summed E-state index contributed by atoms with van der Waals surface area (Å²) >= 11 is 0. The number of rotatable bonds is 30. The van der Waals surface area contributed by atoms with Crippen molar-refractivity contribution in [3.05, 3.63) is 24.3 Å². The predicted octanol–water partition coefficient (Wildman–Crippen LogP) is 7.68. The van der Waals surface area contributed by atoms with Gasteiger partial charge in [-0.3, -0.25) is 18.9 Å². The van der Waals surface area contributed by atoms with Gasteiger partial charge in [-0.15, -0.1) is 0 Å². The number of allylic oxidation sites excluding steroid dienone is 3. The van der Waals surface area contributed by atoms with Crippen LogP contribution in [-0.2, 0) is 32.9 Å². The first-order valence-electron chi connectivity index (χ1n) is 19.1. The van der Waals surface area contributed by atoms with Gasteiger partial charge in [0.1, 0.15) is 12.4 Å². The molecule has 1 aliphatic carbocycles. The number of unbranched alkanes of at least 4 members (excludes halogenated alkanes) is 11. The van der Waals surface area contributed by atoms with E-state index in [0.29, 0.717) is 32.1 Å². The fourth-order valence-electron chi connectivity index (χ4n) is 6.07. The van der Waals surface area contributed by atoms with E-state index in [0.717, 1.165) is 44.4 Å². The molecule has 0 unspecified atom stereocenters. The summed E-state index contributed by atoms with van der Waals surface area (Å²) in [5, 5.41) is 20.6. The molecule has 0 aromatic carbocycles. The van der Waals surface area contributed by atoms with Gasteiger partial charge in [-0.05, 0) is 38.0 Å². The monoisotopic (exact) mass is 730 g/mol. The molecule has 0 saturated heterocycles. The van der Waals surface area contributed by atoms with E-state index in [9.17, 15) is 29.2 Å². The molecule has 1 rings (SSSR count). The molecule has 0 bridgehead atoms. The fourth-order valence-corrected chi connectivity index (χ4v) is 6.43. The number of aliphatic hydroxyl groups is 2. The minimum atomic E-state index is -4.81. The van der Waals surface area contributed by atoms with Crippen LogP contribution >= 0.6 is 7.82 Å². The molecule has 0 aromatic heterocycles. The van der Waals surface area contributed by atoms with Crippen molar-refractivity contribution >= 4 is 25.5 Å². The summed E-state index contributed by atoms with van der Waals surface area (Å²) in [6, 6.07) is 0. The van der Waals surface area contributed by atoms with Crippen LogP contribution in [-0.4, -0.2) is 69.2 Å². The quantitative estimate of drug-likeness (QED) is 0.0247. The Labute approximate surface area is 300 Å². The van der Waals surface area contributed by atoms with Crippen LogP contribution in [0.3, 0.4) is 0 Å². The lowest BCUT2D eigenvalue weighted by atomic mass is 9.90. The number of carbonyl (C=O) groups is 3. The molecule has 50 heavy (non-hydrogen) atoms. The summed E-state index contributed by atoms with van der Waals surface area (Å²) in [5.41, 5.74) is 0. The number of hydrogen-bond acceptors (Lipinski definition) is 9. The van der Waals surface area contributed by atoms with E-state index < -0.39 is 50.6 Å². The Kier molecular flexibility index (Phi) is 25.6. The summed E-state index contributed by atoms with van der Waals surface area (Å²) < 4.78 is 26.2. The number of ether oxygens (including phenoxy) is 2. The second kappa shape index (κ2) is 27.7. The average molecular weight is 731 g/mol. The van der Waals surface area contributed by atoms with Crippen LogP contribution in [0.2, 0.25) is 0 Å². The summed E-state index contributed by atoms with van der Waals surface area (Å²) in [4.78, 5) is 55.3. The van der Waals surface area contributed by atoms with Gasteiger partial charge < -0.3 is 29.5 Å². The molecule has 0 aromatic rings. The normalized spacial score (nSPS) is 19.5. The molecule has 11 nitrogen and oxygen atoms in total. The maximum atomic E-state index is 12.4. The summed E-state index contributed by atoms with van der Waals surface area (Å²) in [7, 11) is -4.81. The predicted molar refractivity (Wildman–Crippen MR) is 194 cm³/mol. The summed E-state index contributed by atoms with van der Waals surface area (Å²) in [5.74, 6) is -1.06. The molecule has 0 spiro atoms. The number of Topliss-reactive ketones (excluding diaryl/α,β-unsaturated/α-hetero) is 1. The first-order valence-corrected chi connectivity index (χ1v) is 20.6. The zero-order chi connectivity index (χ0) is 37.2. The number of carbonyl (C=O) groups excluding carboxylic acids is 3.